The van der Waals surface area contributed by atoms with E-state index in [1.165, 1.54) is 11.8 Å². The molecule has 76 valence electrons. The van der Waals surface area contributed by atoms with Gasteiger partial charge in [-0.3, -0.25) is 0 Å². The molecular weight excluding hydrogens is 206 g/mol. The summed E-state index contributed by atoms with van der Waals surface area (Å²) < 4.78 is 0. The number of nitrogens with zero attached hydrogens (tertiary/aromatic N) is 2. The summed E-state index contributed by atoms with van der Waals surface area (Å²) in [6, 6.07) is 9.67. The fourth-order valence-electron chi connectivity index (χ4n) is 0.836. The van der Waals surface area contributed by atoms with Crippen LogP contribution in [0.15, 0.2) is 40.5 Å². The van der Waals surface area contributed by atoms with Gasteiger partial charge in [0.2, 0.25) is 0 Å². The van der Waals surface area contributed by atoms with Crippen LogP contribution in [-0.2, 0) is 0 Å². The minimum Gasteiger partial charge on any atom is -0.377 e. The van der Waals surface area contributed by atoms with E-state index in [4.69, 9.17) is 12.2 Å². The fourth-order valence-corrected chi connectivity index (χ4v) is 1.17. The van der Waals surface area contributed by atoms with Crippen molar-refractivity contribution in [1.82, 2.24) is 0 Å². The lowest BCUT2D eigenvalue weighted by atomic mass is 10.2. The van der Waals surface area contributed by atoms with Crippen molar-refractivity contribution in [1.29, 1.82) is 0 Å². The highest BCUT2D eigenvalue weighted by Gasteiger charge is 1.89. The Morgan fingerprint density at radius 1 is 1.47 bits per heavy atom. The molecule has 0 bridgehead atoms. The quantitative estimate of drug-likeness (QED) is 0.362. The number of hydrogen-bond donors (Lipinski definition) is 1. The van der Waals surface area contributed by atoms with Crippen molar-refractivity contribution in [3.8, 4) is 12.3 Å². The molecule has 0 fully saturated rings. The van der Waals surface area contributed by atoms with E-state index >= 15 is 0 Å². The fraction of sp³-hybridized carbons (Fsp3) is 0.0909. The number of hydrogen-bond acceptors (Lipinski definition) is 3. The first-order valence-electron chi connectivity index (χ1n) is 4.30. The summed E-state index contributed by atoms with van der Waals surface area (Å²) in [6.45, 7) is 0. The summed E-state index contributed by atoms with van der Waals surface area (Å²) in [6.07, 6.45) is 6.72. The largest absolute Gasteiger partial charge is 0.377 e. The molecule has 4 heteroatoms. The molecule has 1 aromatic carbocycles. The van der Waals surface area contributed by atoms with Crippen LogP contribution in [0.1, 0.15) is 5.56 Å². The molecule has 0 aliphatic rings. The number of nitrogens with two attached hydrogens (primary N) is 1. The van der Waals surface area contributed by atoms with Gasteiger partial charge < -0.3 is 5.73 Å². The molecule has 0 radical (unpaired) electrons. The number of rotatable bonds is 3. The zero-order valence-electron chi connectivity index (χ0n) is 8.13. The Labute approximate surface area is 93.5 Å². The molecule has 0 aliphatic carbocycles. The third kappa shape index (κ3) is 4.89. The Kier molecular flexibility index (Phi) is 5.06. The number of amidine groups is 1. The van der Waals surface area contributed by atoms with Crippen molar-refractivity contribution in [2.75, 3.05) is 5.75 Å². The molecule has 0 aromatic heterocycles. The second kappa shape index (κ2) is 6.68. The maximum absolute atomic E-state index is 5.53. The summed E-state index contributed by atoms with van der Waals surface area (Å²) in [5.41, 5.74) is 6.51. The van der Waals surface area contributed by atoms with Gasteiger partial charge in [-0.1, -0.05) is 48.0 Å². The van der Waals surface area contributed by atoms with Crippen LogP contribution in [0.5, 0.6) is 0 Å². The van der Waals surface area contributed by atoms with E-state index < -0.39 is 0 Å². The summed E-state index contributed by atoms with van der Waals surface area (Å²) in [5.74, 6) is 2.97. The average molecular weight is 217 g/mol. The van der Waals surface area contributed by atoms with E-state index in [0.717, 1.165) is 5.56 Å². The Hall–Kier alpha value is -1.73. The Bertz CT molecular complexity index is 390. The summed E-state index contributed by atoms with van der Waals surface area (Å²) >= 11 is 1.29. The van der Waals surface area contributed by atoms with Gasteiger partial charge in [-0.25, -0.2) is 0 Å². The minimum absolute atomic E-state index is 0.375. The van der Waals surface area contributed by atoms with Gasteiger partial charge in [0.25, 0.3) is 0 Å². The smallest absolute Gasteiger partial charge is 0.181 e. The van der Waals surface area contributed by atoms with Crippen LogP contribution in [0.25, 0.3) is 0 Å². The van der Waals surface area contributed by atoms with Gasteiger partial charge in [-0.15, -0.1) is 11.5 Å². The molecule has 0 saturated carbocycles. The first kappa shape index (κ1) is 11.3. The first-order chi connectivity index (χ1) is 7.33. The topological polar surface area (TPSA) is 50.7 Å². The first-order valence-corrected chi connectivity index (χ1v) is 5.29. The summed E-state index contributed by atoms with van der Waals surface area (Å²) in [4.78, 5) is 0. The Morgan fingerprint density at radius 3 is 2.87 bits per heavy atom. The predicted octanol–water partition coefficient (Wildman–Crippen LogP) is 1.70. The van der Waals surface area contributed by atoms with E-state index in [9.17, 15) is 0 Å². The number of benzene rings is 1. The molecule has 0 amide bonds. The highest BCUT2D eigenvalue weighted by atomic mass is 32.2. The second-order valence-electron chi connectivity index (χ2n) is 2.59. The van der Waals surface area contributed by atoms with Crippen molar-refractivity contribution in [2.45, 2.75) is 0 Å². The molecule has 0 unspecified atom stereocenters. The van der Waals surface area contributed by atoms with Gasteiger partial charge >= 0.3 is 0 Å². The molecule has 0 spiro atoms. The lowest BCUT2D eigenvalue weighted by molar-refractivity contribution is 1.25. The molecule has 1 aromatic rings. The zero-order chi connectivity index (χ0) is 10.9. The van der Waals surface area contributed by atoms with Crippen molar-refractivity contribution < 1.29 is 0 Å². The van der Waals surface area contributed by atoms with Crippen LogP contribution in [0.4, 0.5) is 0 Å². The SMILES string of the molecule is C#CCSC(N)=NN=Cc1ccccc1. The van der Waals surface area contributed by atoms with Crippen LogP contribution >= 0.6 is 11.8 Å². The highest BCUT2D eigenvalue weighted by molar-refractivity contribution is 8.13. The van der Waals surface area contributed by atoms with Crippen LogP contribution in [0.2, 0.25) is 0 Å². The van der Waals surface area contributed by atoms with Crippen LogP contribution in [0, 0.1) is 12.3 Å². The second-order valence-corrected chi connectivity index (χ2v) is 3.58. The molecule has 0 saturated heterocycles. The Balaban J connectivity index is 2.49. The lowest BCUT2D eigenvalue weighted by Gasteiger charge is -1.91. The van der Waals surface area contributed by atoms with Crippen LogP contribution in [0.3, 0.4) is 0 Å². The van der Waals surface area contributed by atoms with Gasteiger partial charge in [0.15, 0.2) is 5.17 Å². The molecule has 0 heterocycles. The molecule has 2 N–H and O–H groups in total. The standard InChI is InChI=1S/C11H11N3S/c1-2-8-15-11(12)14-13-9-10-6-4-3-5-7-10/h1,3-7,9H,8H2,(H2,12,14). The molecule has 0 atom stereocenters. The summed E-state index contributed by atoms with van der Waals surface area (Å²) in [5, 5.41) is 8.01. The number of terminal acetylenes is 1. The third-order valence-corrected chi connectivity index (χ3v) is 2.15. The van der Waals surface area contributed by atoms with Gasteiger partial charge in [0.05, 0.1) is 12.0 Å². The van der Waals surface area contributed by atoms with E-state index in [1.54, 1.807) is 6.21 Å². The van der Waals surface area contributed by atoms with Gasteiger partial charge in [-0.05, 0) is 5.56 Å². The predicted molar refractivity (Wildman–Crippen MR) is 66.9 cm³/mol. The highest BCUT2D eigenvalue weighted by Crippen LogP contribution is 1.98. The minimum atomic E-state index is 0.375. The van der Waals surface area contributed by atoms with Crippen molar-refractivity contribution in [3.63, 3.8) is 0 Å². The Morgan fingerprint density at radius 2 is 2.20 bits per heavy atom. The van der Waals surface area contributed by atoms with E-state index in [2.05, 4.69) is 16.1 Å². The van der Waals surface area contributed by atoms with E-state index in [-0.39, 0.29) is 0 Å². The van der Waals surface area contributed by atoms with E-state index in [0.29, 0.717) is 10.9 Å². The normalized spacial score (nSPS) is 11.5. The van der Waals surface area contributed by atoms with E-state index in [1.807, 2.05) is 30.3 Å². The van der Waals surface area contributed by atoms with Gasteiger partial charge in [-0.2, -0.15) is 5.10 Å². The average Bonchev–Trinajstić information content (AvgIpc) is 2.28. The molecule has 0 aliphatic heterocycles. The zero-order valence-corrected chi connectivity index (χ0v) is 8.95. The summed E-state index contributed by atoms with van der Waals surface area (Å²) in [7, 11) is 0. The maximum Gasteiger partial charge on any atom is 0.181 e. The third-order valence-electron chi connectivity index (χ3n) is 1.47. The van der Waals surface area contributed by atoms with Crippen molar-refractivity contribution in [3.05, 3.63) is 35.9 Å². The number of thioether (sulfide) groups is 1. The van der Waals surface area contributed by atoms with Crippen LogP contribution in [-0.4, -0.2) is 17.1 Å². The van der Waals surface area contributed by atoms with Gasteiger partial charge in [0, 0.05) is 0 Å². The molecule has 3 nitrogen and oxygen atoms in total. The molecule has 1 rings (SSSR count). The molecule has 15 heavy (non-hydrogen) atoms. The maximum atomic E-state index is 5.53. The van der Waals surface area contributed by atoms with Crippen molar-refractivity contribution in [2.24, 2.45) is 15.9 Å². The van der Waals surface area contributed by atoms with Crippen LogP contribution < -0.4 is 5.73 Å². The monoisotopic (exact) mass is 217 g/mol. The van der Waals surface area contributed by atoms with Crippen molar-refractivity contribution >= 4 is 23.1 Å². The lowest BCUT2D eigenvalue weighted by Crippen LogP contribution is -2.05. The van der Waals surface area contributed by atoms with Gasteiger partial charge in [0.1, 0.15) is 0 Å². The molecular formula is C11H11N3S.